The highest BCUT2D eigenvalue weighted by Gasteiger charge is 2.23. The SMILES string of the molecule is CCOCC(O)CN(Cc1c(C)nn(-c2ccccc2)c1Oc1ccc(C)cc1)CC(C)C. The summed E-state index contributed by atoms with van der Waals surface area (Å²) in [5.41, 5.74) is 4.06. The van der Waals surface area contributed by atoms with Gasteiger partial charge in [-0.15, -0.1) is 0 Å². The Morgan fingerprint density at radius 3 is 2.33 bits per heavy atom. The lowest BCUT2D eigenvalue weighted by atomic mass is 10.1. The summed E-state index contributed by atoms with van der Waals surface area (Å²) in [6, 6.07) is 18.1. The molecule has 1 N–H and O–H groups in total. The van der Waals surface area contributed by atoms with E-state index in [1.54, 1.807) is 0 Å². The minimum absolute atomic E-state index is 0.333. The smallest absolute Gasteiger partial charge is 0.227 e. The topological polar surface area (TPSA) is 59.8 Å². The molecule has 178 valence electrons. The largest absolute Gasteiger partial charge is 0.439 e. The highest BCUT2D eigenvalue weighted by atomic mass is 16.5. The number of hydrogen-bond acceptors (Lipinski definition) is 5. The molecule has 1 heterocycles. The van der Waals surface area contributed by atoms with Crippen LogP contribution in [0.25, 0.3) is 5.69 Å². The van der Waals surface area contributed by atoms with Crippen LogP contribution in [0.1, 0.15) is 37.6 Å². The van der Waals surface area contributed by atoms with Gasteiger partial charge in [-0.05, 0) is 51.0 Å². The van der Waals surface area contributed by atoms with E-state index in [1.807, 2.05) is 73.1 Å². The van der Waals surface area contributed by atoms with Crippen molar-refractivity contribution in [2.45, 2.75) is 47.3 Å². The van der Waals surface area contributed by atoms with Gasteiger partial charge >= 0.3 is 0 Å². The maximum Gasteiger partial charge on any atom is 0.227 e. The summed E-state index contributed by atoms with van der Waals surface area (Å²) < 4.78 is 13.7. The summed E-state index contributed by atoms with van der Waals surface area (Å²) >= 11 is 0. The lowest BCUT2D eigenvalue weighted by molar-refractivity contribution is 0.0173. The van der Waals surface area contributed by atoms with E-state index in [4.69, 9.17) is 14.6 Å². The Balaban J connectivity index is 1.96. The van der Waals surface area contributed by atoms with Gasteiger partial charge in [0.25, 0.3) is 0 Å². The molecule has 33 heavy (non-hydrogen) atoms. The van der Waals surface area contributed by atoms with Crippen LogP contribution in [-0.4, -0.2) is 52.2 Å². The zero-order valence-electron chi connectivity index (χ0n) is 20.5. The Bertz CT molecular complexity index is 984. The number of ether oxygens (including phenoxy) is 2. The van der Waals surface area contributed by atoms with Crippen LogP contribution in [0, 0.1) is 19.8 Å². The highest BCUT2D eigenvalue weighted by Crippen LogP contribution is 2.32. The van der Waals surface area contributed by atoms with Gasteiger partial charge in [0.1, 0.15) is 5.75 Å². The van der Waals surface area contributed by atoms with E-state index in [0.717, 1.165) is 29.2 Å². The van der Waals surface area contributed by atoms with E-state index in [1.165, 1.54) is 5.56 Å². The van der Waals surface area contributed by atoms with Gasteiger partial charge in [0.05, 0.1) is 29.7 Å². The van der Waals surface area contributed by atoms with Gasteiger partial charge in [0.2, 0.25) is 5.88 Å². The Hall–Kier alpha value is -2.67. The maximum atomic E-state index is 10.5. The average molecular weight is 452 g/mol. The molecule has 3 aromatic rings. The zero-order chi connectivity index (χ0) is 23.8. The van der Waals surface area contributed by atoms with Crippen LogP contribution in [-0.2, 0) is 11.3 Å². The second-order valence-corrected chi connectivity index (χ2v) is 8.93. The zero-order valence-corrected chi connectivity index (χ0v) is 20.5. The molecule has 6 nitrogen and oxygen atoms in total. The number of aryl methyl sites for hydroxylation is 2. The Kier molecular flexibility index (Phi) is 9.06. The molecule has 0 spiro atoms. The third kappa shape index (κ3) is 7.16. The van der Waals surface area contributed by atoms with Crippen LogP contribution in [0.15, 0.2) is 54.6 Å². The lowest BCUT2D eigenvalue weighted by Crippen LogP contribution is -2.37. The molecule has 3 rings (SSSR count). The second kappa shape index (κ2) is 12.0. The normalized spacial score (nSPS) is 12.5. The van der Waals surface area contributed by atoms with Crippen molar-refractivity contribution in [1.29, 1.82) is 0 Å². The summed E-state index contributed by atoms with van der Waals surface area (Å²) in [5, 5.41) is 15.3. The van der Waals surface area contributed by atoms with Gasteiger partial charge in [0, 0.05) is 26.2 Å². The van der Waals surface area contributed by atoms with E-state index in [2.05, 4.69) is 25.7 Å². The molecule has 6 heteroatoms. The van der Waals surface area contributed by atoms with Crippen LogP contribution in [0.2, 0.25) is 0 Å². The molecule has 0 saturated carbocycles. The quantitative estimate of drug-likeness (QED) is 0.413. The first-order valence-electron chi connectivity index (χ1n) is 11.7. The van der Waals surface area contributed by atoms with Crippen molar-refractivity contribution in [3.05, 3.63) is 71.4 Å². The highest BCUT2D eigenvalue weighted by molar-refractivity contribution is 5.43. The van der Waals surface area contributed by atoms with Gasteiger partial charge in [-0.3, -0.25) is 4.90 Å². The molecule has 0 aliphatic carbocycles. The molecule has 2 aromatic carbocycles. The first kappa shape index (κ1) is 25.0. The Labute approximate surface area is 197 Å². The van der Waals surface area contributed by atoms with Gasteiger partial charge in [0.15, 0.2) is 0 Å². The number of aliphatic hydroxyl groups is 1. The van der Waals surface area contributed by atoms with E-state index in [9.17, 15) is 5.11 Å². The summed E-state index contributed by atoms with van der Waals surface area (Å²) in [4.78, 5) is 2.26. The predicted molar refractivity (Wildman–Crippen MR) is 132 cm³/mol. The summed E-state index contributed by atoms with van der Waals surface area (Å²) in [6.07, 6.45) is -0.547. The van der Waals surface area contributed by atoms with Crippen molar-refractivity contribution < 1.29 is 14.6 Å². The average Bonchev–Trinajstić information content (AvgIpc) is 3.09. The van der Waals surface area contributed by atoms with Crippen LogP contribution in [0.3, 0.4) is 0 Å². The first-order valence-corrected chi connectivity index (χ1v) is 11.7. The summed E-state index contributed by atoms with van der Waals surface area (Å²) in [7, 11) is 0. The van der Waals surface area contributed by atoms with Crippen molar-refractivity contribution >= 4 is 0 Å². The third-order valence-electron chi connectivity index (χ3n) is 5.36. The van der Waals surface area contributed by atoms with Crippen molar-refractivity contribution in [3.8, 4) is 17.3 Å². The van der Waals surface area contributed by atoms with Crippen molar-refractivity contribution in [2.24, 2.45) is 5.92 Å². The van der Waals surface area contributed by atoms with Crippen LogP contribution >= 0.6 is 0 Å². The molecule has 0 aliphatic heterocycles. The molecular weight excluding hydrogens is 414 g/mol. The molecule has 0 radical (unpaired) electrons. The second-order valence-electron chi connectivity index (χ2n) is 8.93. The fourth-order valence-corrected chi connectivity index (χ4v) is 3.84. The molecule has 0 saturated heterocycles. The van der Waals surface area contributed by atoms with E-state index < -0.39 is 6.10 Å². The predicted octanol–water partition coefficient (Wildman–Crippen LogP) is 5.14. The van der Waals surface area contributed by atoms with Crippen molar-refractivity contribution in [2.75, 3.05) is 26.3 Å². The third-order valence-corrected chi connectivity index (χ3v) is 5.36. The minimum atomic E-state index is -0.547. The lowest BCUT2D eigenvalue weighted by Gasteiger charge is -2.27. The van der Waals surface area contributed by atoms with Crippen LogP contribution in [0.4, 0.5) is 0 Å². The number of benzene rings is 2. The van der Waals surface area contributed by atoms with Crippen molar-refractivity contribution in [1.82, 2.24) is 14.7 Å². The molecule has 0 aliphatic rings. The van der Waals surface area contributed by atoms with E-state index in [-0.39, 0.29) is 0 Å². The van der Waals surface area contributed by atoms with Gasteiger partial charge in [-0.25, -0.2) is 4.68 Å². The number of aliphatic hydroxyl groups excluding tert-OH is 1. The van der Waals surface area contributed by atoms with Crippen LogP contribution < -0.4 is 4.74 Å². The number of rotatable bonds is 12. The molecule has 0 bridgehead atoms. The van der Waals surface area contributed by atoms with E-state index in [0.29, 0.717) is 38.1 Å². The van der Waals surface area contributed by atoms with Crippen LogP contribution in [0.5, 0.6) is 11.6 Å². The van der Waals surface area contributed by atoms with E-state index >= 15 is 0 Å². The fraction of sp³-hybridized carbons (Fsp3) is 0.444. The fourth-order valence-electron chi connectivity index (χ4n) is 3.84. The van der Waals surface area contributed by atoms with Crippen molar-refractivity contribution in [3.63, 3.8) is 0 Å². The number of hydrogen-bond donors (Lipinski definition) is 1. The first-order chi connectivity index (χ1) is 15.9. The monoisotopic (exact) mass is 451 g/mol. The Morgan fingerprint density at radius 1 is 1.00 bits per heavy atom. The number of para-hydroxylation sites is 1. The maximum absolute atomic E-state index is 10.5. The molecule has 0 fully saturated rings. The molecule has 1 aromatic heterocycles. The number of aromatic nitrogens is 2. The Morgan fingerprint density at radius 2 is 1.70 bits per heavy atom. The summed E-state index contributed by atoms with van der Waals surface area (Å²) in [5.74, 6) is 1.93. The molecule has 1 atom stereocenters. The van der Waals surface area contributed by atoms with Gasteiger partial charge in [-0.2, -0.15) is 5.10 Å². The van der Waals surface area contributed by atoms with Gasteiger partial charge in [-0.1, -0.05) is 49.7 Å². The minimum Gasteiger partial charge on any atom is -0.439 e. The standard InChI is InChI=1S/C27H37N3O3/c1-6-32-19-24(31)17-29(16-20(2)3)18-26-22(5)28-30(23-10-8-7-9-11-23)27(26)33-25-14-12-21(4)13-15-25/h7-15,20,24,31H,6,16-19H2,1-5H3. The summed E-state index contributed by atoms with van der Waals surface area (Å²) in [6.45, 7) is 13.3. The molecule has 1 unspecified atom stereocenters. The molecular formula is C27H37N3O3. The number of nitrogens with zero attached hydrogens (tertiary/aromatic N) is 3. The molecule has 0 amide bonds. The van der Waals surface area contributed by atoms with Gasteiger partial charge < -0.3 is 14.6 Å².